The van der Waals surface area contributed by atoms with Crippen LogP contribution in [0.25, 0.3) is 0 Å². The van der Waals surface area contributed by atoms with E-state index in [1.807, 2.05) is 0 Å². The Labute approximate surface area is 164 Å². The summed E-state index contributed by atoms with van der Waals surface area (Å²) in [7, 11) is 1.53. The van der Waals surface area contributed by atoms with Crippen molar-refractivity contribution in [3.8, 4) is 11.5 Å². The number of anilines is 1. The van der Waals surface area contributed by atoms with E-state index in [4.69, 9.17) is 9.47 Å². The first kappa shape index (κ1) is 17.7. The maximum absolute atomic E-state index is 13.1. The summed E-state index contributed by atoms with van der Waals surface area (Å²) < 4.78 is 11.3. The molecule has 0 radical (unpaired) electrons. The van der Waals surface area contributed by atoms with Gasteiger partial charge in [-0.3, -0.25) is 14.4 Å². The average molecular weight is 430 g/mol. The fourth-order valence-corrected chi connectivity index (χ4v) is 4.15. The Morgan fingerprint density at radius 3 is 2.41 bits per heavy atom. The molecular formula is C20H16BrNO5. The van der Waals surface area contributed by atoms with Crippen molar-refractivity contribution in [2.24, 2.45) is 11.8 Å². The highest BCUT2D eigenvalue weighted by molar-refractivity contribution is 9.10. The Morgan fingerprint density at radius 1 is 1.04 bits per heavy atom. The summed E-state index contributed by atoms with van der Waals surface area (Å²) >= 11 is 3.40. The molecule has 2 heterocycles. The molecule has 0 aliphatic carbocycles. The molecule has 2 aromatic rings. The van der Waals surface area contributed by atoms with E-state index in [9.17, 15) is 14.4 Å². The number of carbonyl (C=O) groups excluding carboxylic acids is 3. The van der Waals surface area contributed by atoms with Gasteiger partial charge in [-0.05, 0) is 42.5 Å². The van der Waals surface area contributed by atoms with Crippen LogP contribution in [-0.4, -0.2) is 24.9 Å². The number of piperidine rings is 1. The second kappa shape index (κ2) is 6.49. The third-order valence-electron chi connectivity index (χ3n) is 5.12. The lowest BCUT2D eigenvalue weighted by atomic mass is 9.72. The molecular weight excluding hydrogens is 414 g/mol. The van der Waals surface area contributed by atoms with E-state index < -0.39 is 29.6 Å². The molecule has 2 aromatic carbocycles. The van der Waals surface area contributed by atoms with Gasteiger partial charge in [-0.1, -0.05) is 22.9 Å². The number of nitrogens with zero attached hydrogens (tertiary/aromatic N) is 1. The van der Waals surface area contributed by atoms with E-state index in [1.54, 1.807) is 49.4 Å². The highest BCUT2D eigenvalue weighted by Crippen LogP contribution is 2.47. The largest absolute Gasteiger partial charge is 0.497 e. The Bertz CT molecular complexity index is 955. The number of hydrogen-bond donors (Lipinski definition) is 0. The maximum Gasteiger partial charge on any atom is 0.324 e. The molecule has 0 bridgehead atoms. The highest BCUT2D eigenvalue weighted by atomic mass is 79.9. The van der Waals surface area contributed by atoms with Gasteiger partial charge in [-0.2, -0.15) is 0 Å². The van der Waals surface area contributed by atoms with Crippen LogP contribution < -0.4 is 14.4 Å². The molecule has 2 aliphatic heterocycles. The minimum atomic E-state index is -1.05. The molecule has 138 valence electrons. The first-order valence-corrected chi connectivity index (χ1v) is 9.24. The number of ether oxygens (including phenoxy) is 2. The van der Waals surface area contributed by atoms with Crippen LogP contribution in [0, 0.1) is 11.8 Å². The van der Waals surface area contributed by atoms with Crippen LogP contribution in [0.3, 0.4) is 0 Å². The molecule has 0 saturated carbocycles. The van der Waals surface area contributed by atoms with E-state index in [2.05, 4.69) is 15.9 Å². The third-order valence-corrected chi connectivity index (χ3v) is 5.61. The zero-order chi connectivity index (χ0) is 19.3. The van der Waals surface area contributed by atoms with Gasteiger partial charge in [0.2, 0.25) is 11.8 Å². The van der Waals surface area contributed by atoms with E-state index in [0.717, 1.165) is 9.37 Å². The molecule has 27 heavy (non-hydrogen) atoms. The molecule has 2 aliphatic rings. The van der Waals surface area contributed by atoms with Crippen molar-refractivity contribution < 1.29 is 23.9 Å². The van der Waals surface area contributed by atoms with Gasteiger partial charge in [-0.15, -0.1) is 0 Å². The van der Waals surface area contributed by atoms with Crippen LogP contribution in [0.4, 0.5) is 5.69 Å². The third kappa shape index (κ3) is 2.73. The Morgan fingerprint density at radius 2 is 1.74 bits per heavy atom. The van der Waals surface area contributed by atoms with E-state index >= 15 is 0 Å². The zero-order valence-electron chi connectivity index (χ0n) is 14.6. The SMILES string of the molecule is COc1ccc(N2C(=O)[C@@H]3C(=O)Oc4ccc(Br)cc4[C@@H]3[C@@H](C)C2=O)cc1. The molecule has 0 aromatic heterocycles. The summed E-state index contributed by atoms with van der Waals surface area (Å²) in [5.41, 5.74) is 1.10. The Kier molecular flexibility index (Phi) is 4.26. The summed E-state index contributed by atoms with van der Waals surface area (Å²) in [4.78, 5) is 39.9. The number of esters is 1. The molecule has 0 unspecified atom stereocenters. The molecule has 6 nitrogen and oxygen atoms in total. The minimum absolute atomic E-state index is 0.341. The van der Waals surface area contributed by atoms with E-state index in [0.29, 0.717) is 22.7 Å². The van der Waals surface area contributed by atoms with Crippen LogP contribution in [0.15, 0.2) is 46.9 Å². The number of rotatable bonds is 2. The lowest BCUT2D eigenvalue weighted by Crippen LogP contribution is -2.57. The fourth-order valence-electron chi connectivity index (χ4n) is 3.77. The molecule has 1 saturated heterocycles. The van der Waals surface area contributed by atoms with Crippen molar-refractivity contribution in [3.63, 3.8) is 0 Å². The van der Waals surface area contributed by atoms with E-state index in [-0.39, 0.29) is 5.91 Å². The monoisotopic (exact) mass is 429 g/mol. The summed E-state index contributed by atoms with van der Waals surface area (Å²) in [5.74, 6) is -2.69. The van der Waals surface area contributed by atoms with E-state index in [1.165, 1.54) is 7.11 Å². The number of fused-ring (bicyclic) bond motifs is 3. The van der Waals surface area contributed by atoms with Gasteiger partial charge < -0.3 is 9.47 Å². The van der Waals surface area contributed by atoms with Crippen LogP contribution >= 0.6 is 15.9 Å². The summed E-state index contributed by atoms with van der Waals surface area (Å²) in [6, 6.07) is 11.8. The van der Waals surface area contributed by atoms with Crippen LogP contribution in [-0.2, 0) is 14.4 Å². The van der Waals surface area contributed by atoms with Crippen molar-refractivity contribution in [2.75, 3.05) is 12.0 Å². The van der Waals surface area contributed by atoms with Gasteiger partial charge in [0, 0.05) is 21.9 Å². The Hall–Kier alpha value is -2.67. The van der Waals surface area contributed by atoms with Gasteiger partial charge in [0.1, 0.15) is 17.4 Å². The Balaban J connectivity index is 1.79. The van der Waals surface area contributed by atoms with Crippen molar-refractivity contribution in [1.82, 2.24) is 0 Å². The normalized spacial score (nSPS) is 24.2. The number of hydrogen-bond acceptors (Lipinski definition) is 5. The van der Waals surface area contributed by atoms with Gasteiger partial charge >= 0.3 is 5.97 Å². The van der Waals surface area contributed by atoms with Crippen molar-refractivity contribution in [1.29, 1.82) is 0 Å². The van der Waals surface area contributed by atoms with Gasteiger partial charge in [0.05, 0.1) is 12.8 Å². The first-order valence-electron chi connectivity index (χ1n) is 8.45. The number of amides is 2. The predicted octanol–water partition coefficient (Wildman–Crippen LogP) is 3.29. The summed E-state index contributed by atoms with van der Waals surface area (Å²) in [5, 5.41) is 0. The van der Waals surface area contributed by atoms with Crippen LogP contribution in [0.2, 0.25) is 0 Å². The van der Waals surface area contributed by atoms with Gasteiger partial charge in [0.25, 0.3) is 0 Å². The molecule has 3 atom stereocenters. The van der Waals surface area contributed by atoms with Gasteiger partial charge in [0.15, 0.2) is 0 Å². The zero-order valence-corrected chi connectivity index (χ0v) is 16.2. The molecule has 4 rings (SSSR count). The quantitative estimate of drug-likeness (QED) is 0.317. The molecule has 2 amide bonds. The highest BCUT2D eigenvalue weighted by Gasteiger charge is 2.54. The smallest absolute Gasteiger partial charge is 0.324 e. The van der Waals surface area contributed by atoms with Crippen LogP contribution in [0.1, 0.15) is 18.4 Å². The van der Waals surface area contributed by atoms with Gasteiger partial charge in [-0.25, -0.2) is 4.90 Å². The molecule has 1 fully saturated rings. The molecule has 0 spiro atoms. The first-order chi connectivity index (χ1) is 12.9. The predicted molar refractivity (Wildman–Crippen MR) is 101 cm³/mol. The molecule has 0 N–H and O–H groups in total. The minimum Gasteiger partial charge on any atom is -0.497 e. The standard InChI is InChI=1S/C20H16BrNO5/c1-10-16-14-9-11(21)3-8-15(14)27-20(25)17(16)19(24)22(18(10)23)12-4-6-13(26-2)7-5-12/h3-10,16-17H,1-2H3/t10-,16+,17-/m1/s1. The second-order valence-electron chi connectivity index (χ2n) is 6.61. The van der Waals surface area contributed by atoms with Crippen molar-refractivity contribution in [2.45, 2.75) is 12.8 Å². The number of halogens is 1. The van der Waals surface area contributed by atoms with Crippen LogP contribution in [0.5, 0.6) is 11.5 Å². The lowest BCUT2D eigenvalue weighted by Gasteiger charge is -2.42. The topological polar surface area (TPSA) is 72.9 Å². The number of imide groups is 1. The second-order valence-corrected chi connectivity index (χ2v) is 7.52. The number of methoxy groups -OCH3 is 1. The van der Waals surface area contributed by atoms with Crippen molar-refractivity contribution >= 4 is 39.4 Å². The maximum atomic E-state index is 13.1. The number of benzene rings is 2. The molecule has 7 heteroatoms. The number of carbonyl (C=O) groups is 3. The summed E-state index contributed by atoms with van der Waals surface area (Å²) in [6.45, 7) is 1.74. The summed E-state index contributed by atoms with van der Waals surface area (Å²) in [6.07, 6.45) is 0. The average Bonchev–Trinajstić information content (AvgIpc) is 2.66. The van der Waals surface area contributed by atoms with Crippen molar-refractivity contribution in [3.05, 3.63) is 52.5 Å². The fraction of sp³-hybridized carbons (Fsp3) is 0.250. The lowest BCUT2D eigenvalue weighted by molar-refractivity contribution is -0.151.